The topological polar surface area (TPSA) is 66.1 Å². The quantitative estimate of drug-likeness (QED) is 0.908. The first kappa shape index (κ1) is 13.0. The molecule has 0 saturated heterocycles. The van der Waals surface area contributed by atoms with Crippen LogP contribution in [-0.4, -0.2) is 27.8 Å². The Kier molecular flexibility index (Phi) is 3.75. The maximum Gasteiger partial charge on any atom is 0.255 e. The molecular weight excluding hydrogens is 242 g/mol. The van der Waals surface area contributed by atoms with Crippen LogP contribution in [0.25, 0.3) is 0 Å². The minimum atomic E-state index is -0.221. The van der Waals surface area contributed by atoms with E-state index < -0.39 is 0 Å². The Morgan fingerprint density at radius 1 is 1.26 bits per heavy atom. The number of carbonyl (C=O) groups excluding carboxylic acids is 1. The maximum absolute atomic E-state index is 12.3. The first-order valence-corrected chi connectivity index (χ1v) is 5.95. The Labute approximate surface area is 110 Å². The second-order valence-electron chi connectivity index (χ2n) is 4.31. The number of rotatable bonds is 3. The predicted octanol–water partition coefficient (Wildman–Crippen LogP) is 1.60. The van der Waals surface area contributed by atoms with Crippen LogP contribution < -0.4 is 5.56 Å². The van der Waals surface area contributed by atoms with Gasteiger partial charge in [-0.2, -0.15) is 0 Å². The molecule has 2 aromatic rings. The summed E-state index contributed by atoms with van der Waals surface area (Å²) >= 11 is 0. The first-order chi connectivity index (χ1) is 9.09. The lowest BCUT2D eigenvalue weighted by Gasteiger charge is -2.25. The molecule has 0 bridgehead atoms. The summed E-state index contributed by atoms with van der Waals surface area (Å²) in [5.74, 6) is -0.138. The van der Waals surface area contributed by atoms with E-state index in [0.717, 1.165) is 5.56 Å². The molecule has 1 amide bonds. The highest BCUT2D eigenvalue weighted by atomic mass is 16.2. The highest BCUT2D eigenvalue weighted by molar-refractivity contribution is 5.93. The molecule has 2 heterocycles. The van der Waals surface area contributed by atoms with E-state index in [9.17, 15) is 9.59 Å². The van der Waals surface area contributed by atoms with Crippen molar-refractivity contribution in [2.45, 2.75) is 13.0 Å². The highest BCUT2D eigenvalue weighted by Gasteiger charge is 2.18. The number of amides is 1. The fourth-order valence-electron chi connectivity index (χ4n) is 1.79. The van der Waals surface area contributed by atoms with Gasteiger partial charge in [-0.3, -0.25) is 14.6 Å². The van der Waals surface area contributed by atoms with Crippen molar-refractivity contribution in [3.63, 3.8) is 0 Å². The van der Waals surface area contributed by atoms with Crippen molar-refractivity contribution in [3.8, 4) is 0 Å². The standard InChI is InChI=1S/C14H15N3O2/c1-10(11-5-7-15-8-6-11)17(2)14(19)12-3-4-13(18)16-9-12/h3-10H,1-2H3,(H,16,18). The molecule has 5 heteroatoms. The van der Waals surface area contributed by atoms with Gasteiger partial charge in [0.15, 0.2) is 0 Å². The Bertz CT molecular complexity index is 602. The largest absolute Gasteiger partial charge is 0.335 e. The highest BCUT2D eigenvalue weighted by Crippen LogP contribution is 2.19. The third kappa shape index (κ3) is 2.88. The van der Waals surface area contributed by atoms with Gasteiger partial charge in [-0.05, 0) is 30.7 Å². The van der Waals surface area contributed by atoms with E-state index in [0.29, 0.717) is 5.56 Å². The van der Waals surface area contributed by atoms with Crippen molar-refractivity contribution in [2.75, 3.05) is 7.05 Å². The maximum atomic E-state index is 12.3. The Morgan fingerprint density at radius 2 is 1.95 bits per heavy atom. The van der Waals surface area contributed by atoms with Crippen LogP contribution >= 0.6 is 0 Å². The second-order valence-corrected chi connectivity index (χ2v) is 4.31. The van der Waals surface area contributed by atoms with Crippen LogP contribution in [0.5, 0.6) is 0 Å². The number of nitrogens with zero attached hydrogens (tertiary/aromatic N) is 2. The van der Waals surface area contributed by atoms with Crippen LogP contribution in [0.2, 0.25) is 0 Å². The Balaban J connectivity index is 2.19. The fraction of sp³-hybridized carbons (Fsp3) is 0.214. The van der Waals surface area contributed by atoms with Crippen molar-refractivity contribution in [1.82, 2.24) is 14.9 Å². The monoisotopic (exact) mass is 257 g/mol. The number of aromatic nitrogens is 2. The molecule has 1 unspecified atom stereocenters. The normalized spacial score (nSPS) is 11.9. The third-order valence-corrected chi connectivity index (χ3v) is 3.12. The zero-order chi connectivity index (χ0) is 13.8. The van der Waals surface area contributed by atoms with Crippen LogP contribution in [0.3, 0.4) is 0 Å². The molecule has 1 N–H and O–H groups in total. The van der Waals surface area contributed by atoms with E-state index in [1.165, 1.54) is 18.3 Å². The fourth-order valence-corrected chi connectivity index (χ4v) is 1.79. The molecule has 0 aromatic carbocycles. The van der Waals surface area contributed by atoms with Gasteiger partial charge in [0.2, 0.25) is 5.56 Å². The first-order valence-electron chi connectivity index (χ1n) is 5.95. The van der Waals surface area contributed by atoms with E-state index >= 15 is 0 Å². The molecular formula is C14H15N3O2. The molecule has 2 rings (SSSR count). The van der Waals surface area contributed by atoms with Crippen LogP contribution in [0.4, 0.5) is 0 Å². The van der Waals surface area contributed by atoms with E-state index in [4.69, 9.17) is 0 Å². The van der Waals surface area contributed by atoms with Gasteiger partial charge in [0.1, 0.15) is 0 Å². The van der Waals surface area contributed by atoms with E-state index in [1.807, 2.05) is 19.1 Å². The third-order valence-electron chi connectivity index (χ3n) is 3.12. The summed E-state index contributed by atoms with van der Waals surface area (Å²) in [6, 6.07) is 6.56. The summed E-state index contributed by atoms with van der Waals surface area (Å²) in [4.78, 5) is 31.3. The molecule has 0 fully saturated rings. The Hall–Kier alpha value is -2.43. The molecule has 0 aliphatic carbocycles. The molecule has 0 spiro atoms. The van der Waals surface area contributed by atoms with Crippen molar-refractivity contribution in [1.29, 1.82) is 0 Å². The van der Waals surface area contributed by atoms with Crippen molar-refractivity contribution in [3.05, 3.63) is 64.3 Å². The number of hydrogen-bond donors (Lipinski definition) is 1. The van der Waals surface area contributed by atoms with Crippen LogP contribution in [-0.2, 0) is 0 Å². The van der Waals surface area contributed by atoms with Crippen molar-refractivity contribution < 1.29 is 4.79 Å². The second kappa shape index (κ2) is 5.48. The van der Waals surface area contributed by atoms with Gasteiger partial charge in [-0.25, -0.2) is 0 Å². The SMILES string of the molecule is CC(c1ccncc1)N(C)C(=O)c1ccc(=O)[nH]c1. The van der Waals surface area contributed by atoms with Crippen LogP contribution in [0.1, 0.15) is 28.9 Å². The van der Waals surface area contributed by atoms with Crippen LogP contribution in [0.15, 0.2) is 47.7 Å². The van der Waals surface area contributed by atoms with Gasteiger partial charge in [-0.15, -0.1) is 0 Å². The molecule has 0 saturated carbocycles. The van der Waals surface area contributed by atoms with E-state index in [-0.39, 0.29) is 17.5 Å². The zero-order valence-electron chi connectivity index (χ0n) is 10.8. The number of carbonyl (C=O) groups is 1. The lowest BCUT2D eigenvalue weighted by molar-refractivity contribution is 0.0742. The summed E-state index contributed by atoms with van der Waals surface area (Å²) in [6.45, 7) is 1.94. The van der Waals surface area contributed by atoms with Crippen LogP contribution in [0, 0.1) is 0 Å². The molecule has 0 radical (unpaired) electrons. The van der Waals surface area contributed by atoms with Crippen molar-refractivity contribution in [2.24, 2.45) is 0 Å². The summed E-state index contributed by atoms with van der Waals surface area (Å²) in [6.07, 6.45) is 4.83. The minimum absolute atomic E-state index is 0.0672. The number of nitrogens with one attached hydrogen (secondary N) is 1. The molecule has 5 nitrogen and oxygen atoms in total. The average molecular weight is 257 g/mol. The summed E-state index contributed by atoms with van der Waals surface area (Å²) in [5.41, 5.74) is 1.25. The smallest absolute Gasteiger partial charge is 0.255 e. The van der Waals surface area contributed by atoms with Gasteiger partial charge < -0.3 is 9.88 Å². The minimum Gasteiger partial charge on any atom is -0.335 e. The number of pyridine rings is 2. The molecule has 0 aliphatic rings. The number of H-pyrrole nitrogens is 1. The van der Waals surface area contributed by atoms with Gasteiger partial charge in [0.25, 0.3) is 5.91 Å². The molecule has 1 atom stereocenters. The summed E-state index contributed by atoms with van der Waals surface area (Å²) in [5, 5.41) is 0. The van der Waals surface area contributed by atoms with E-state index in [2.05, 4.69) is 9.97 Å². The van der Waals surface area contributed by atoms with E-state index in [1.54, 1.807) is 24.3 Å². The Morgan fingerprint density at radius 3 is 2.53 bits per heavy atom. The summed E-state index contributed by atoms with van der Waals surface area (Å²) < 4.78 is 0. The number of aromatic amines is 1. The van der Waals surface area contributed by atoms with Gasteiger partial charge in [0.05, 0.1) is 11.6 Å². The lowest BCUT2D eigenvalue weighted by atomic mass is 10.1. The zero-order valence-corrected chi connectivity index (χ0v) is 10.8. The lowest BCUT2D eigenvalue weighted by Crippen LogP contribution is -2.30. The number of hydrogen-bond acceptors (Lipinski definition) is 3. The van der Waals surface area contributed by atoms with Gasteiger partial charge in [-0.1, -0.05) is 0 Å². The predicted molar refractivity (Wildman–Crippen MR) is 71.8 cm³/mol. The average Bonchev–Trinajstić information content (AvgIpc) is 2.46. The van der Waals surface area contributed by atoms with Gasteiger partial charge >= 0.3 is 0 Å². The van der Waals surface area contributed by atoms with Gasteiger partial charge in [0, 0.05) is 31.7 Å². The van der Waals surface area contributed by atoms with Crippen molar-refractivity contribution >= 4 is 5.91 Å². The molecule has 98 valence electrons. The molecule has 19 heavy (non-hydrogen) atoms. The molecule has 0 aliphatic heterocycles. The summed E-state index contributed by atoms with van der Waals surface area (Å²) in [7, 11) is 1.73. The molecule has 2 aromatic heterocycles.